The van der Waals surface area contributed by atoms with Crippen molar-refractivity contribution >= 4 is 17.2 Å². The van der Waals surface area contributed by atoms with Crippen LogP contribution < -0.4 is 4.74 Å². The van der Waals surface area contributed by atoms with E-state index in [4.69, 9.17) is 4.74 Å². The van der Waals surface area contributed by atoms with Gasteiger partial charge in [-0.3, -0.25) is 9.78 Å². The number of halogens is 1. The van der Waals surface area contributed by atoms with Gasteiger partial charge in [-0.15, -0.1) is 0 Å². The first-order valence-electron chi connectivity index (χ1n) is 6.48. The molecule has 0 amide bonds. The maximum atomic E-state index is 13.8. The molecule has 0 saturated heterocycles. The van der Waals surface area contributed by atoms with Crippen LogP contribution in [0.15, 0.2) is 54.7 Å². The van der Waals surface area contributed by atoms with Crippen LogP contribution in [0.25, 0.3) is 10.9 Å². The molecular formula is C17H12FNO2. The Morgan fingerprint density at radius 1 is 1.14 bits per heavy atom. The number of para-hydroxylation sites is 1. The summed E-state index contributed by atoms with van der Waals surface area (Å²) in [4.78, 5) is 14.9. The number of pyridine rings is 1. The first kappa shape index (κ1) is 13.2. The van der Waals surface area contributed by atoms with Crippen LogP contribution in [0, 0.1) is 5.82 Å². The van der Waals surface area contributed by atoms with Gasteiger partial charge in [0.2, 0.25) is 0 Å². The molecule has 0 saturated carbocycles. The summed E-state index contributed by atoms with van der Waals surface area (Å²) in [5.74, 6) is -0.429. The van der Waals surface area contributed by atoms with E-state index >= 15 is 0 Å². The molecule has 0 atom stereocenters. The molecule has 4 heteroatoms. The lowest BCUT2D eigenvalue weighted by Crippen LogP contribution is -1.99. The van der Waals surface area contributed by atoms with Gasteiger partial charge in [-0.1, -0.05) is 24.3 Å². The number of rotatable bonds is 4. The lowest BCUT2D eigenvalue weighted by atomic mass is 10.1. The van der Waals surface area contributed by atoms with Gasteiger partial charge in [0.25, 0.3) is 0 Å². The molecule has 0 aliphatic heterocycles. The third kappa shape index (κ3) is 2.74. The molecule has 2 aromatic carbocycles. The Hall–Kier alpha value is -2.75. The van der Waals surface area contributed by atoms with E-state index in [1.54, 1.807) is 6.20 Å². The molecule has 104 valence electrons. The fourth-order valence-corrected chi connectivity index (χ4v) is 2.15. The highest BCUT2D eigenvalue weighted by molar-refractivity contribution is 5.81. The van der Waals surface area contributed by atoms with E-state index in [9.17, 15) is 9.18 Å². The lowest BCUT2D eigenvalue weighted by molar-refractivity contribution is 0.112. The number of fused-ring (bicyclic) bond motifs is 1. The monoisotopic (exact) mass is 281 g/mol. The predicted octanol–water partition coefficient (Wildman–Crippen LogP) is 3.77. The fraction of sp³-hybridized carbons (Fsp3) is 0.0588. The molecule has 3 rings (SSSR count). The van der Waals surface area contributed by atoms with Gasteiger partial charge in [-0.05, 0) is 24.3 Å². The number of nitrogens with zero attached hydrogens (tertiary/aromatic N) is 1. The Kier molecular flexibility index (Phi) is 3.60. The first-order valence-corrected chi connectivity index (χ1v) is 6.48. The van der Waals surface area contributed by atoms with Gasteiger partial charge in [0.05, 0.1) is 5.52 Å². The van der Waals surface area contributed by atoms with Crippen molar-refractivity contribution in [3.63, 3.8) is 0 Å². The van der Waals surface area contributed by atoms with Crippen molar-refractivity contribution in [2.75, 3.05) is 0 Å². The Morgan fingerprint density at radius 2 is 2.00 bits per heavy atom. The zero-order valence-electron chi connectivity index (χ0n) is 11.1. The lowest BCUT2D eigenvalue weighted by Gasteiger charge is -2.09. The average Bonchev–Trinajstić information content (AvgIpc) is 2.53. The summed E-state index contributed by atoms with van der Waals surface area (Å²) in [6.07, 6.45) is 2.31. The van der Waals surface area contributed by atoms with Crippen molar-refractivity contribution in [3.8, 4) is 5.75 Å². The number of hydrogen-bond acceptors (Lipinski definition) is 3. The summed E-state index contributed by atoms with van der Waals surface area (Å²) in [6.45, 7) is 0.214. The van der Waals surface area contributed by atoms with E-state index in [-0.39, 0.29) is 17.9 Å². The maximum absolute atomic E-state index is 13.8. The van der Waals surface area contributed by atoms with Crippen LogP contribution in [-0.2, 0) is 6.61 Å². The Balaban J connectivity index is 1.85. The average molecular weight is 281 g/mol. The summed E-state index contributed by atoms with van der Waals surface area (Å²) >= 11 is 0. The van der Waals surface area contributed by atoms with Gasteiger partial charge in [-0.2, -0.15) is 0 Å². The summed E-state index contributed by atoms with van der Waals surface area (Å²) in [5, 5.41) is 1.01. The molecule has 21 heavy (non-hydrogen) atoms. The Morgan fingerprint density at radius 3 is 2.81 bits per heavy atom. The zero-order chi connectivity index (χ0) is 14.7. The van der Waals surface area contributed by atoms with Gasteiger partial charge in [-0.25, -0.2) is 4.39 Å². The predicted molar refractivity (Wildman–Crippen MR) is 77.9 cm³/mol. The molecule has 3 aromatic rings. The molecule has 0 aliphatic rings. The molecule has 0 fully saturated rings. The summed E-state index contributed by atoms with van der Waals surface area (Å²) in [5.41, 5.74) is 2.00. The highest BCUT2D eigenvalue weighted by Crippen LogP contribution is 2.21. The number of carbonyl (C=O) groups is 1. The van der Waals surface area contributed by atoms with Crippen molar-refractivity contribution in [2.24, 2.45) is 0 Å². The van der Waals surface area contributed by atoms with Crippen molar-refractivity contribution in [3.05, 3.63) is 71.7 Å². The molecule has 0 bridgehead atoms. The second kappa shape index (κ2) is 5.71. The van der Waals surface area contributed by atoms with Gasteiger partial charge in [0.15, 0.2) is 11.6 Å². The van der Waals surface area contributed by atoms with Crippen LogP contribution in [0.4, 0.5) is 4.39 Å². The summed E-state index contributed by atoms with van der Waals surface area (Å²) < 4.78 is 19.3. The highest BCUT2D eigenvalue weighted by Gasteiger charge is 2.07. The molecule has 0 aliphatic carbocycles. The molecule has 1 heterocycles. The van der Waals surface area contributed by atoms with Crippen LogP contribution in [0.2, 0.25) is 0 Å². The smallest absolute Gasteiger partial charge is 0.165 e. The van der Waals surface area contributed by atoms with Crippen LogP contribution >= 0.6 is 0 Å². The van der Waals surface area contributed by atoms with Gasteiger partial charge < -0.3 is 4.74 Å². The molecular weight excluding hydrogens is 269 g/mol. The van der Waals surface area contributed by atoms with Gasteiger partial charge in [0, 0.05) is 22.7 Å². The van der Waals surface area contributed by atoms with Crippen LogP contribution in [0.5, 0.6) is 5.75 Å². The van der Waals surface area contributed by atoms with Crippen LogP contribution in [0.3, 0.4) is 0 Å². The molecule has 0 radical (unpaired) electrons. The number of aldehydes is 1. The van der Waals surface area contributed by atoms with E-state index in [0.717, 1.165) is 22.5 Å². The minimum absolute atomic E-state index is 0.119. The largest absolute Gasteiger partial charge is 0.486 e. The Labute approximate surface area is 121 Å². The van der Waals surface area contributed by atoms with E-state index in [1.807, 2.05) is 30.3 Å². The summed E-state index contributed by atoms with van der Waals surface area (Å²) in [7, 11) is 0. The Bertz CT molecular complexity index is 796. The van der Waals surface area contributed by atoms with Crippen LogP contribution in [0.1, 0.15) is 15.9 Å². The number of aromatic nitrogens is 1. The topological polar surface area (TPSA) is 39.2 Å². The standard InChI is InChI=1S/C17H12FNO2/c18-15-9-12(10-20)6-7-16(15)21-11-14-4-1-3-13-5-2-8-19-17(13)14/h1-10H,11H2. The third-order valence-electron chi connectivity index (χ3n) is 3.19. The third-order valence-corrected chi connectivity index (χ3v) is 3.19. The fourth-order valence-electron chi connectivity index (χ4n) is 2.15. The highest BCUT2D eigenvalue weighted by atomic mass is 19.1. The SMILES string of the molecule is O=Cc1ccc(OCc2cccc3cccnc23)c(F)c1. The number of benzene rings is 2. The number of carbonyl (C=O) groups excluding carboxylic acids is 1. The van der Waals surface area contributed by atoms with Crippen molar-refractivity contribution in [2.45, 2.75) is 6.61 Å². The van der Waals surface area contributed by atoms with Crippen molar-refractivity contribution in [1.82, 2.24) is 4.98 Å². The first-order chi connectivity index (χ1) is 10.3. The maximum Gasteiger partial charge on any atom is 0.165 e. The molecule has 3 nitrogen and oxygen atoms in total. The second-order valence-corrected chi connectivity index (χ2v) is 4.59. The van der Waals surface area contributed by atoms with Gasteiger partial charge in [0.1, 0.15) is 12.9 Å². The van der Waals surface area contributed by atoms with Crippen molar-refractivity contribution in [1.29, 1.82) is 0 Å². The second-order valence-electron chi connectivity index (χ2n) is 4.59. The normalized spacial score (nSPS) is 10.5. The van der Waals surface area contributed by atoms with E-state index < -0.39 is 5.82 Å². The zero-order valence-corrected chi connectivity index (χ0v) is 11.1. The van der Waals surface area contributed by atoms with Gasteiger partial charge >= 0.3 is 0 Å². The number of hydrogen-bond donors (Lipinski definition) is 0. The molecule has 1 aromatic heterocycles. The molecule has 0 N–H and O–H groups in total. The number of ether oxygens (including phenoxy) is 1. The van der Waals surface area contributed by atoms with E-state index in [0.29, 0.717) is 6.29 Å². The summed E-state index contributed by atoms with van der Waals surface area (Å²) in [6, 6.07) is 13.7. The van der Waals surface area contributed by atoms with E-state index in [1.165, 1.54) is 12.1 Å². The minimum Gasteiger partial charge on any atom is -0.486 e. The molecule has 0 spiro atoms. The van der Waals surface area contributed by atoms with E-state index in [2.05, 4.69) is 4.98 Å². The van der Waals surface area contributed by atoms with Crippen molar-refractivity contribution < 1.29 is 13.9 Å². The minimum atomic E-state index is -0.548. The van der Waals surface area contributed by atoms with Crippen LogP contribution in [-0.4, -0.2) is 11.3 Å². The molecule has 0 unspecified atom stereocenters. The quantitative estimate of drug-likeness (QED) is 0.683.